The van der Waals surface area contributed by atoms with E-state index < -0.39 is 0 Å². The number of hydrogen-bond donors (Lipinski definition) is 1. The molecule has 6 nitrogen and oxygen atoms in total. The first-order valence-corrected chi connectivity index (χ1v) is 10.2. The van der Waals surface area contributed by atoms with E-state index >= 15 is 0 Å². The van der Waals surface area contributed by atoms with Gasteiger partial charge in [0.1, 0.15) is 11.5 Å². The zero-order valence-electron chi connectivity index (χ0n) is 17.3. The van der Waals surface area contributed by atoms with Gasteiger partial charge in [0.15, 0.2) is 0 Å². The van der Waals surface area contributed by atoms with Crippen molar-refractivity contribution in [3.63, 3.8) is 0 Å². The summed E-state index contributed by atoms with van der Waals surface area (Å²) in [4.78, 5) is 23.7. The van der Waals surface area contributed by atoms with Crippen molar-refractivity contribution in [2.45, 2.75) is 26.3 Å². The van der Waals surface area contributed by atoms with Gasteiger partial charge in [0.05, 0.1) is 18.1 Å². The molecule has 0 radical (unpaired) electrons. The van der Waals surface area contributed by atoms with E-state index in [2.05, 4.69) is 15.3 Å². The molecule has 0 saturated carbocycles. The maximum Gasteiger partial charge on any atom is 0.279 e. The minimum Gasteiger partial charge on any atom is -0.355 e. The molecule has 1 atom stereocenters. The van der Waals surface area contributed by atoms with E-state index in [1.54, 1.807) is 23.4 Å². The zero-order valence-corrected chi connectivity index (χ0v) is 17.3. The summed E-state index contributed by atoms with van der Waals surface area (Å²) in [6.45, 7) is 4.69. The fourth-order valence-electron chi connectivity index (χ4n) is 4.16. The molecule has 1 saturated heterocycles. The van der Waals surface area contributed by atoms with Gasteiger partial charge in [-0.05, 0) is 67.3 Å². The van der Waals surface area contributed by atoms with Crippen LogP contribution < -0.4 is 5.32 Å². The molecular weight excluding hydrogens is 393 g/mol. The summed E-state index contributed by atoms with van der Waals surface area (Å²) < 4.78 is 15.3. The highest BCUT2D eigenvalue weighted by molar-refractivity contribution is 6.14. The Morgan fingerprint density at radius 2 is 1.97 bits per heavy atom. The van der Waals surface area contributed by atoms with Gasteiger partial charge in [-0.1, -0.05) is 18.2 Å². The van der Waals surface area contributed by atoms with Crippen LogP contribution in [0.3, 0.4) is 0 Å². The molecule has 0 aliphatic carbocycles. The molecule has 2 aromatic carbocycles. The van der Waals surface area contributed by atoms with E-state index in [0.717, 1.165) is 34.5 Å². The van der Waals surface area contributed by atoms with Crippen LogP contribution in [0.4, 0.5) is 4.39 Å². The van der Waals surface area contributed by atoms with E-state index in [-0.39, 0.29) is 17.8 Å². The van der Waals surface area contributed by atoms with Crippen molar-refractivity contribution in [2.24, 2.45) is 4.99 Å². The Bertz CT molecular complexity index is 1230. The number of imidazole rings is 1. The monoisotopic (exact) mass is 415 g/mol. The maximum absolute atomic E-state index is 13.3. The molecule has 1 fully saturated rings. The Morgan fingerprint density at radius 1 is 1.16 bits per heavy atom. The number of aromatic nitrogens is 2. The number of aryl methyl sites for hydroxylation is 2. The van der Waals surface area contributed by atoms with Crippen LogP contribution in [-0.4, -0.2) is 32.9 Å². The molecule has 1 N–H and O–H groups in total. The average Bonchev–Trinajstić information content (AvgIpc) is 3.32. The third-order valence-electron chi connectivity index (χ3n) is 5.67. The summed E-state index contributed by atoms with van der Waals surface area (Å²) in [5.41, 5.74) is 5.28. The molecule has 7 heteroatoms. The summed E-state index contributed by atoms with van der Waals surface area (Å²) >= 11 is 0. The van der Waals surface area contributed by atoms with Gasteiger partial charge in [-0.3, -0.25) is 9.69 Å². The lowest BCUT2D eigenvalue weighted by Crippen LogP contribution is -2.48. The van der Waals surface area contributed by atoms with Crippen molar-refractivity contribution in [3.8, 4) is 5.69 Å². The fourth-order valence-corrected chi connectivity index (χ4v) is 4.16. The lowest BCUT2D eigenvalue weighted by Gasteiger charge is -2.33. The lowest BCUT2D eigenvalue weighted by atomic mass is 10.0. The Hall–Kier alpha value is -3.74. The molecule has 31 heavy (non-hydrogen) atoms. The number of benzene rings is 2. The molecule has 1 amide bonds. The number of halogens is 1. The minimum atomic E-state index is -0.287. The van der Waals surface area contributed by atoms with Crippen molar-refractivity contribution in [1.82, 2.24) is 19.8 Å². The Kier molecular flexibility index (Phi) is 4.66. The molecule has 0 bridgehead atoms. The summed E-state index contributed by atoms with van der Waals surface area (Å²) in [5.74, 6) is 0.118. The molecule has 0 spiro atoms. The third-order valence-corrected chi connectivity index (χ3v) is 5.67. The molecule has 2 aliphatic rings. The number of aliphatic imine (C=N–C) groups is 1. The number of nitrogens with zero attached hydrogens (tertiary/aromatic N) is 4. The third kappa shape index (κ3) is 3.52. The van der Waals surface area contributed by atoms with Crippen LogP contribution in [0.15, 0.2) is 65.7 Å². The topological polar surface area (TPSA) is 62.5 Å². The highest BCUT2D eigenvalue weighted by Gasteiger charge is 2.39. The highest BCUT2D eigenvalue weighted by atomic mass is 19.1. The van der Waals surface area contributed by atoms with Gasteiger partial charge >= 0.3 is 0 Å². The Morgan fingerprint density at radius 3 is 2.68 bits per heavy atom. The van der Waals surface area contributed by atoms with Crippen molar-refractivity contribution in [1.29, 1.82) is 0 Å². The second-order valence-electron chi connectivity index (χ2n) is 7.89. The van der Waals surface area contributed by atoms with Crippen LogP contribution in [0.25, 0.3) is 11.8 Å². The van der Waals surface area contributed by atoms with Crippen LogP contribution in [0.5, 0.6) is 0 Å². The first-order valence-electron chi connectivity index (χ1n) is 10.2. The average molecular weight is 415 g/mol. The predicted molar refractivity (Wildman–Crippen MR) is 117 cm³/mol. The van der Waals surface area contributed by atoms with Gasteiger partial charge in [-0.15, -0.1) is 0 Å². The van der Waals surface area contributed by atoms with Crippen molar-refractivity contribution >= 4 is 17.9 Å². The molecule has 5 rings (SSSR count). The lowest BCUT2D eigenvalue weighted by molar-refractivity contribution is -0.124. The second-order valence-corrected chi connectivity index (χ2v) is 7.89. The number of carbonyl (C=O) groups excluding carboxylic acids is 1. The molecule has 1 aromatic heterocycles. The van der Waals surface area contributed by atoms with Crippen LogP contribution in [0.1, 0.15) is 34.8 Å². The second kappa shape index (κ2) is 7.50. The molecule has 0 unspecified atom stereocenters. The quantitative estimate of drug-likeness (QED) is 0.660. The molecule has 3 heterocycles. The normalized spacial score (nSPS) is 19.4. The fraction of sp³-hybridized carbons (Fsp3) is 0.208. The van der Waals surface area contributed by atoms with E-state index in [1.165, 1.54) is 12.1 Å². The molecular formula is C24H22FN5O. The van der Waals surface area contributed by atoms with Gasteiger partial charge in [-0.25, -0.2) is 14.4 Å². The van der Waals surface area contributed by atoms with Crippen LogP contribution in [0, 0.1) is 19.7 Å². The Labute approximate surface area is 179 Å². The molecule has 3 aromatic rings. The van der Waals surface area contributed by atoms with Crippen molar-refractivity contribution < 1.29 is 9.18 Å². The summed E-state index contributed by atoms with van der Waals surface area (Å²) in [6, 6.07) is 12.2. The number of guanidine groups is 1. The van der Waals surface area contributed by atoms with E-state index in [1.807, 2.05) is 48.9 Å². The number of amides is 1. The number of fused-ring (bicyclic) bond motifs is 1. The standard InChI is InChI=1S/C24H22FN5O/c1-15-11-17(3-8-21(15)29-13-16(2)27-14-29)12-20-23(31)30-22(9-10-26-24(30)28-20)18-4-6-19(25)7-5-18/h3-8,11-14,22H,9-10H2,1-2H3,(H,26,28)/b20-12-/t22-/m1/s1. The first kappa shape index (κ1) is 19.2. The highest BCUT2D eigenvalue weighted by Crippen LogP contribution is 2.33. The number of rotatable bonds is 3. The largest absolute Gasteiger partial charge is 0.355 e. The smallest absolute Gasteiger partial charge is 0.279 e. The maximum atomic E-state index is 13.3. The first-order chi connectivity index (χ1) is 15.0. The van der Waals surface area contributed by atoms with Gasteiger partial charge in [-0.2, -0.15) is 0 Å². The van der Waals surface area contributed by atoms with E-state index in [9.17, 15) is 9.18 Å². The summed E-state index contributed by atoms with van der Waals surface area (Å²) in [6.07, 6.45) is 6.32. The van der Waals surface area contributed by atoms with Gasteiger partial charge < -0.3 is 9.88 Å². The zero-order chi connectivity index (χ0) is 21.5. The summed E-state index contributed by atoms with van der Waals surface area (Å²) in [7, 11) is 0. The van der Waals surface area contributed by atoms with E-state index in [4.69, 9.17) is 0 Å². The Balaban J connectivity index is 1.44. The number of nitrogens with one attached hydrogen (secondary N) is 1. The SMILES string of the molecule is Cc1cn(-c2ccc(/C=C3\N=C4NCC[C@H](c5ccc(F)cc5)N4C3=O)cc2C)cn1. The van der Waals surface area contributed by atoms with Crippen LogP contribution in [-0.2, 0) is 4.79 Å². The minimum absolute atomic E-state index is 0.150. The predicted octanol–water partition coefficient (Wildman–Crippen LogP) is 3.90. The van der Waals surface area contributed by atoms with Crippen molar-refractivity contribution in [3.05, 3.63) is 88.9 Å². The van der Waals surface area contributed by atoms with Gasteiger partial charge in [0.25, 0.3) is 5.91 Å². The van der Waals surface area contributed by atoms with Gasteiger partial charge in [0.2, 0.25) is 5.96 Å². The molecule has 156 valence electrons. The van der Waals surface area contributed by atoms with Crippen LogP contribution >= 0.6 is 0 Å². The van der Waals surface area contributed by atoms with Gasteiger partial charge in [0, 0.05) is 18.4 Å². The number of hydrogen-bond acceptors (Lipinski definition) is 4. The summed E-state index contributed by atoms with van der Waals surface area (Å²) in [5, 5.41) is 3.21. The molecule has 2 aliphatic heterocycles. The van der Waals surface area contributed by atoms with E-state index in [0.29, 0.717) is 18.2 Å². The number of carbonyl (C=O) groups is 1. The van der Waals surface area contributed by atoms with Crippen LogP contribution in [0.2, 0.25) is 0 Å². The van der Waals surface area contributed by atoms with Crippen molar-refractivity contribution in [2.75, 3.05) is 6.54 Å².